The summed E-state index contributed by atoms with van der Waals surface area (Å²) in [5, 5.41) is 0.244. The molecule has 1 amide bonds. The molecular formula is C16H29NO3Si. The lowest BCUT2D eigenvalue weighted by Gasteiger charge is -2.36. The van der Waals surface area contributed by atoms with E-state index in [2.05, 4.69) is 40.4 Å². The first-order valence-corrected chi connectivity index (χ1v) is 10.5. The first kappa shape index (κ1) is 18.0. The number of carbonyl (C=O) groups is 1. The minimum atomic E-state index is -1.65. The highest BCUT2D eigenvalue weighted by Gasteiger charge is 2.36. The molecule has 1 saturated heterocycles. The fourth-order valence-electron chi connectivity index (χ4n) is 1.81. The third-order valence-corrected chi connectivity index (χ3v) is 8.79. The summed E-state index contributed by atoms with van der Waals surface area (Å²) in [4.78, 5) is 13.1. The molecule has 0 atom stereocenters. The van der Waals surface area contributed by atoms with Gasteiger partial charge >= 0.3 is 6.09 Å². The Kier molecular flexibility index (Phi) is 6.22. The van der Waals surface area contributed by atoms with Gasteiger partial charge in [-0.05, 0) is 37.0 Å². The van der Waals surface area contributed by atoms with Crippen molar-refractivity contribution >= 4 is 14.4 Å². The molecule has 0 unspecified atom stereocenters. The molecule has 0 aromatic rings. The Hall–Kier alpha value is -1.07. The van der Waals surface area contributed by atoms with E-state index in [4.69, 9.17) is 9.16 Å². The number of nitrogens with zero attached hydrogens (tertiary/aromatic N) is 1. The average Bonchev–Trinajstić information content (AvgIpc) is 2.78. The summed E-state index contributed by atoms with van der Waals surface area (Å²) in [5.74, 6) is 0. The molecule has 1 rings (SSSR count). The standard InChI is InChI=1S/C16H29NO3Si/c1-7-14(17-11-13-19-15(17)18)10-8-9-12-20-21(5,6)16(2,3)4/h7,10H,1,8-9,11-13H2,2-6H3/b14-10-. The van der Waals surface area contributed by atoms with Crippen molar-refractivity contribution in [2.24, 2.45) is 0 Å². The van der Waals surface area contributed by atoms with Crippen LogP contribution in [0.3, 0.4) is 0 Å². The predicted molar refractivity (Wildman–Crippen MR) is 88.7 cm³/mol. The van der Waals surface area contributed by atoms with Gasteiger partial charge in [-0.2, -0.15) is 0 Å². The highest BCUT2D eigenvalue weighted by molar-refractivity contribution is 6.74. The molecule has 0 aromatic heterocycles. The number of ether oxygens (including phenoxy) is 1. The van der Waals surface area contributed by atoms with Gasteiger partial charge in [-0.1, -0.05) is 33.4 Å². The maximum absolute atomic E-state index is 11.5. The van der Waals surface area contributed by atoms with Gasteiger partial charge in [0.15, 0.2) is 8.32 Å². The van der Waals surface area contributed by atoms with Crippen LogP contribution in [0.1, 0.15) is 33.6 Å². The summed E-state index contributed by atoms with van der Waals surface area (Å²) in [7, 11) is -1.65. The van der Waals surface area contributed by atoms with E-state index in [0.29, 0.717) is 13.2 Å². The number of hydrogen-bond donors (Lipinski definition) is 0. The highest BCUT2D eigenvalue weighted by atomic mass is 28.4. The van der Waals surface area contributed by atoms with Crippen LogP contribution in [0.15, 0.2) is 24.4 Å². The Bertz CT molecular complexity index is 410. The summed E-state index contributed by atoms with van der Waals surface area (Å²) in [6.45, 7) is 16.9. The Balaban J connectivity index is 2.40. The third-order valence-electron chi connectivity index (χ3n) is 4.25. The molecule has 0 aromatic carbocycles. The van der Waals surface area contributed by atoms with Crippen molar-refractivity contribution in [2.45, 2.75) is 51.7 Å². The normalized spacial score (nSPS) is 17.1. The zero-order chi connectivity index (χ0) is 16.1. The number of rotatable bonds is 7. The predicted octanol–water partition coefficient (Wildman–Crippen LogP) is 4.31. The molecular weight excluding hydrogens is 282 g/mol. The number of unbranched alkanes of at least 4 members (excludes halogenated alkanes) is 1. The Morgan fingerprint density at radius 3 is 2.62 bits per heavy atom. The second-order valence-corrected chi connectivity index (χ2v) is 11.7. The van der Waals surface area contributed by atoms with Crippen LogP contribution in [-0.4, -0.2) is 39.1 Å². The van der Waals surface area contributed by atoms with Gasteiger partial charge in [-0.25, -0.2) is 4.79 Å². The summed E-state index contributed by atoms with van der Waals surface area (Å²) in [6, 6.07) is 0. The van der Waals surface area contributed by atoms with Gasteiger partial charge in [0.05, 0.1) is 6.54 Å². The average molecular weight is 311 g/mol. The molecule has 120 valence electrons. The van der Waals surface area contributed by atoms with Crippen molar-refractivity contribution in [3.63, 3.8) is 0 Å². The van der Waals surface area contributed by atoms with Crippen LogP contribution in [-0.2, 0) is 9.16 Å². The first-order valence-electron chi connectivity index (χ1n) is 7.60. The van der Waals surface area contributed by atoms with E-state index in [9.17, 15) is 4.79 Å². The van der Waals surface area contributed by atoms with Crippen LogP contribution >= 0.6 is 0 Å². The lowest BCUT2D eigenvalue weighted by atomic mass is 10.2. The molecule has 0 radical (unpaired) electrons. The van der Waals surface area contributed by atoms with Crippen LogP contribution in [0.4, 0.5) is 4.79 Å². The fourth-order valence-corrected chi connectivity index (χ4v) is 2.90. The molecule has 0 saturated carbocycles. The van der Waals surface area contributed by atoms with Crippen molar-refractivity contribution < 1.29 is 14.0 Å². The molecule has 5 heteroatoms. The smallest absolute Gasteiger partial charge is 0.414 e. The van der Waals surface area contributed by atoms with E-state index in [-0.39, 0.29) is 11.1 Å². The Morgan fingerprint density at radius 1 is 1.48 bits per heavy atom. The molecule has 0 bridgehead atoms. The molecule has 1 aliphatic heterocycles. The van der Waals surface area contributed by atoms with Gasteiger partial charge in [-0.3, -0.25) is 4.90 Å². The van der Waals surface area contributed by atoms with Gasteiger partial charge in [0, 0.05) is 12.3 Å². The molecule has 1 fully saturated rings. The molecule has 0 aliphatic carbocycles. The lowest BCUT2D eigenvalue weighted by Crippen LogP contribution is -2.40. The van der Waals surface area contributed by atoms with E-state index >= 15 is 0 Å². The number of amides is 1. The molecule has 0 N–H and O–H groups in total. The number of hydrogen-bond acceptors (Lipinski definition) is 3. The van der Waals surface area contributed by atoms with Gasteiger partial charge in [0.1, 0.15) is 6.61 Å². The minimum absolute atomic E-state index is 0.244. The topological polar surface area (TPSA) is 38.8 Å². The van der Waals surface area contributed by atoms with E-state index in [1.807, 2.05) is 6.08 Å². The van der Waals surface area contributed by atoms with Crippen LogP contribution in [0.2, 0.25) is 18.1 Å². The van der Waals surface area contributed by atoms with Gasteiger partial charge in [-0.15, -0.1) is 0 Å². The van der Waals surface area contributed by atoms with Crippen molar-refractivity contribution in [2.75, 3.05) is 19.8 Å². The van der Waals surface area contributed by atoms with Crippen molar-refractivity contribution in [3.8, 4) is 0 Å². The van der Waals surface area contributed by atoms with Gasteiger partial charge in [0.25, 0.3) is 0 Å². The summed E-state index contributed by atoms with van der Waals surface area (Å²) in [5.41, 5.74) is 0.838. The van der Waals surface area contributed by atoms with E-state index in [1.165, 1.54) is 0 Å². The van der Waals surface area contributed by atoms with Crippen LogP contribution in [0, 0.1) is 0 Å². The summed E-state index contributed by atoms with van der Waals surface area (Å²) < 4.78 is 11.1. The Morgan fingerprint density at radius 2 is 2.14 bits per heavy atom. The third kappa shape index (κ3) is 5.00. The van der Waals surface area contributed by atoms with Crippen molar-refractivity contribution in [1.29, 1.82) is 0 Å². The lowest BCUT2D eigenvalue weighted by molar-refractivity contribution is 0.165. The second-order valence-electron chi connectivity index (χ2n) is 6.85. The molecule has 0 spiro atoms. The monoisotopic (exact) mass is 311 g/mol. The maximum atomic E-state index is 11.5. The SMILES string of the molecule is C=C/C(=C/CCCO[Si](C)(C)C(C)(C)C)N1CCOC1=O. The van der Waals surface area contributed by atoms with E-state index < -0.39 is 8.32 Å². The van der Waals surface area contributed by atoms with Gasteiger partial charge in [0.2, 0.25) is 0 Å². The second kappa shape index (κ2) is 7.27. The Labute approximate surface area is 129 Å². The quantitative estimate of drug-likeness (QED) is 0.399. The van der Waals surface area contributed by atoms with Crippen molar-refractivity contribution in [1.82, 2.24) is 4.90 Å². The van der Waals surface area contributed by atoms with E-state index in [0.717, 1.165) is 25.1 Å². The number of carbonyl (C=O) groups excluding carboxylic acids is 1. The van der Waals surface area contributed by atoms with Crippen LogP contribution in [0.5, 0.6) is 0 Å². The largest absolute Gasteiger partial charge is 0.447 e. The number of cyclic esters (lactones) is 1. The fraction of sp³-hybridized carbons (Fsp3) is 0.688. The summed E-state index contributed by atoms with van der Waals surface area (Å²) >= 11 is 0. The zero-order valence-corrected chi connectivity index (χ0v) is 15.1. The van der Waals surface area contributed by atoms with Crippen LogP contribution < -0.4 is 0 Å². The molecule has 21 heavy (non-hydrogen) atoms. The highest BCUT2D eigenvalue weighted by Crippen LogP contribution is 2.36. The minimum Gasteiger partial charge on any atom is -0.447 e. The van der Waals surface area contributed by atoms with Crippen molar-refractivity contribution in [3.05, 3.63) is 24.4 Å². The molecule has 1 aliphatic rings. The van der Waals surface area contributed by atoms with E-state index in [1.54, 1.807) is 11.0 Å². The summed E-state index contributed by atoms with van der Waals surface area (Å²) in [6.07, 6.45) is 5.29. The number of allylic oxidation sites excluding steroid dienone is 2. The van der Waals surface area contributed by atoms with Gasteiger partial charge < -0.3 is 9.16 Å². The zero-order valence-electron chi connectivity index (χ0n) is 14.1. The molecule has 4 nitrogen and oxygen atoms in total. The maximum Gasteiger partial charge on any atom is 0.414 e. The molecule has 1 heterocycles. The first-order chi connectivity index (χ1) is 9.69. The van der Waals surface area contributed by atoms with Crippen LogP contribution in [0.25, 0.3) is 0 Å².